The topological polar surface area (TPSA) is 32.7 Å². The third-order valence-corrected chi connectivity index (χ3v) is 4.01. The summed E-state index contributed by atoms with van der Waals surface area (Å²) in [4.78, 5) is 2.38. The molecule has 0 bridgehead atoms. The summed E-state index contributed by atoms with van der Waals surface area (Å²) >= 11 is 0. The molecule has 2 atom stereocenters. The van der Waals surface area contributed by atoms with Gasteiger partial charge in [-0.1, -0.05) is 38.1 Å². The standard InChI is InChI=1S/C16H25NO2/c1-12(2)14-4-6-15(7-5-14)13(3)17-8-9-19-16(10-17)11-18/h4-7,12-13,16,18H,8-11H2,1-3H3/t13-,16+/m1/s1. The molecular formula is C16H25NO2. The molecule has 1 aromatic carbocycles. The smallest absolute Gasteiger partial charge is 0.0933 e. The fraction of sp³-hybridized carbons (Fsp3) is 0.625. The second kappa shape index (κ2) is 6.51. The average Bonchev–Trinajstić information content (AvgIpc) is 2.46. The van der Waals surface area contributed by atoms with Crippen LogP contribution in [0.25, 0.3) is 0 Å². The predicted molar refractivity (Wildman–Crippen MR) is 77.3 cm³/mol. The van der Waals surface area contributed by atoms with Gasteiger partial charge in [-0.15, -0.1) is 0 Å². The zero-order valence-electron chi connectivity index (χ0n) is 12.2. The van der Waals surface area contributed by atoms with E-state index in [-0.39, 0.29) is 12.7 Å². The number of hydrogen-bond acceptors (Lipinski definition) is 3. The zero-order valence-corrected chi connectivity index (χ0v) is 12.2. The first-order valence-electron chi connectivity index (χ1n) is 7.18. The second-order valence-corrected chi connectivity index (χ2v) is 5.67. The molecule has 3 heteroatoms. The Kier molecular flexibility index (Phi) is 4.97. The van der Waals surface area contributed by atoms with Gasteiger partial charge >= 0.3 is 0 Å². The zero-order chi connectivity index (χ0) is 13.8. The van der Waals surface area contributed by atoms with E-state index in [1.165, 1.54) is 11.1 Å². The van der Waals surface area contributed by atoms with Crippen molar-refractivity contribution in [3.8, 4) is 0 Å². The molecule has 0 spiro atoms. The van der Waals surface area contributed by atoms with E-state index in [9.17, 15) is 5.11 Å². The van der Waals surface area contributed by atoms with Crippen LogP contribution in [0.15, 0.2) is 24.3 Å². The van der Waals surface area contributed by atoms with E-state index in [0.717, 1.165) is 13.1 Å². The first-order chi connectivity index (χ1) is 9.11. The van der Waals surface area contributed by atoms with Crippen molar-refractivity contribution in [2.24, 2.45) is 0 Å². The normalized spacial score (nSPS) is 22.7. The number of aliphatic hydroxyl groups is 1. The van der Waals surface area contributed by atoms with Gasteiger partial charge < -0.3 is 9.84 Å². The maximum atomic E-state index is 9.21. The number of rotatable bonds is 4. The van der Waals surface area contributed by atoms with Gasteiger partial charge in [0.1, 0.15) is 0 Å². The number of aliphatic hydroxyl groups excluding tert-OH is 1. The molecule has 0 saturated carbocycles. The molecule has 0 unspecified atom stereocenters. The van der Waals surface area contributed by atoms with Crippen molar-refractivity contribution in [1.29, 1.82) is 0 Å². The summed E-state index contributed by atoms with van der Waals surface area (Å²) in [6.07, 6.45) is -0.0360. The molecule has 0 aliphatic carbocycles. The molecular weight excluding hydrogens is 238 g/mol. The summed E-state index contributed by atoms with van der Waals surface area (Å²) < 4.78 is 5.50. The number of morpholine rings is 1. The Morgan fingerprint density at radius 2 is 1.84 bits per heavy atom. The summed E-state index contributed by atoms with van der Waals surface area (Å²) in [5.74, 6) is 0.575. The maximum Gasteiger partial charge on any atom is 0.0933 e. The van der Waals surface area contributed by atoms with Gasteiger partial charge in [0.05, 0.1) is 19.3 Å². The van der Waals surface area contributed by atoms with Crippen molar-refractivity contribution in [3.05, 3.63) is 35.4 Å². The van der Waals surface area contributed by atoms with E-state index in [1.807, 2.05) is 0 Å². The molecule has 19 heavy (non-hydrogen) atoms. The molecule has 0 radical (unpaired) electrons. The molecule has 1 N–H and O–H groups in total. The Morgan fingerprint density at radius 3 is 2.42 bits per heavy atom. The molecule has 1 aromatic rings. The number of benzene rings is 1. The summed E-state index contributed by atoms with van der Waals surface area (Å²) in [5.41, 5.74) is 2.72. The Labute approximate surface area is 116 Å². The van der Waals surface area contributed by atoms with Crippen LogP contribution in [0.1, 0.15) is 43.9 Å². The van der Waals surface area contributed by atoms with Gasteiger partial charge in [0.2, 0.25) is 0 Å². The summed E-state index contributed by atoms with van der Waals surface area (Å²) in [6.45, 7) is 9.21. The molecule has 106 valence electrons. The highest BCUT2D eigenvalue weighted by Gasteiger charge is 2.24. The van der Waals surface area contributed by atoms with Crippen LogP contribution in [0, 0.1) is 0 Å². The molecule has 3 nitrogen and oxygen atoms in total. The van der Waals surface area contributed by atoms with Crippen molar-refractivity contribution in [2.75, 3.05) is 26.3 Å². The Morgan fingerprint density at radius 1 is 1.21 bits per heavy atom. The Balaban J connectivity index is 2.04. The fourth-order valence-corrected chi connectivity index (χ4v) is 2.57. The van der Waals surface area contributed by atoms with Crippen LogP contribution in [0.3, 0.4) is 0 Å². The molecule has 0 amide bonds. The van der Waals surface area contributed by atoms with Gasteiger partial charge in [-0.3, -0.25) is 4.90 Å². The van der Waals surface area contributed by atoms with Crippen molar-refractivity contribution in [1.82, 2.24) is 4.90 Å². The van der Waals surface area contributed by atoms with Crippen molar-refractivity contribution in [3.63, 3.8) is 0 Å². The summed E-state index contributed by atoms with van der Waals surface area (Å²) in [6, 6.07) is 9.27. The van der Waals surface area contributed by atoms with Crippen molar-refractivity contribution >= 4 is 0 Å². The number of nitrogens with zero attached hydrogens (tertiary/aromatic N) is 1. The van der Waals surface area contributed by atoms with Gasteiger partial charge in [-0.05, 0) is 24.0 Å². The van der Waals surface area contributed by atoms with E-state index in [2.05, 4.69) is 49.9 Å². The van der Waals surface area contributed by atoms with E-state index >= 15 is 0 Å². The largest absolute Gasteiger partial charge is 0.394 e. The monoisotopic (exact) mass is 263 g/mol. The van der Waals surface area contributed by atoms with Crippen LogP contribution in [0.4, 0.5) is 0 Å². The summed E-state index contributed by atoms with van der Waals surface area (Å²) in [7, 11) is 0. The van der Waals surface area contributed by atoms with Gasteiger partial charge in [0, 0.05) is 19.1 Å². The van der Waals surface area contributed by atoms with Crippen LogP contribution in [0.2, 0.25) is 0 Å². The third-order valence-electron chi connectivity index (χ3n) is 4.01. The maximum absolute atomic E-state index is 9.21. The summed E-state index contributed by atoms with van der Waals surface area (Å²) in [5, 5.41) is 9.21. The minimum Gasteiger partial charge on any atom is -0.394 e. The van der Waals surface area contributed by atoms with Gasteiger partial charge in [-0.25, -0.2) is 0 Å². The molecule has 0 aromatic heterocycles. The second-order valence-electron chi connectivity index (χ2n) is 5.67. The molecule has 1 saturated heterocycles. The molecule has 1 aliphatic heterocycles. The van der Waals surface area contributed by atoms with E-state index in [1.54, 1.807) is 0 Å². The quantitative estimate of drug-likeness (QED) is 0.906. The lowest BCUT2D eigenvalue weighted by atomic mass is 9.99. The third kappa shape index (κ3) is 3.56. The minimum absolute atomic E-state index is 0.0360. The molecule has 1 fully saturated rings. The Bertz CT molecular complexity index is 388. The van der Waals surface area contributed by atoms with Crippen molar-refractivity contribution in [2.45, 2.75) is 38.8 Å². The van der Waals surface area contributed by atoms with Gasteiger partial charge in [-0.2, -0.15) is 0 Å². The lowest BCUT2D eigenvalue weighted by Crippen LogP contribution is -2.44. The predicted octanol–water partition coefficient (Wildman–Crippen LogP) is 2.56. The van der Waals surface area contributed by atoms with Crippen molar-refractivity contribution < 1.29 is 9.84 Å². The number of ether oxygens (including phenoxy) is 1. The van der Waals surface area contributed by atoms with Crippen LogP contribution in [0.5, 0.6) is 0 Å². The lowest BCUT2D eigenvalue weighted by Gasteiger charge is -2.36. The lowest BCUT2D eigenvalue weighted by molar-refractivity contribution is -0.0633. The minimum atomic E-state index is -0.0360. The van der Waals surface area contributed by atoms with Gasteiger partial charge in [0.15, 0.2) is 0 Å². The van der Waals surface area contributed by atoms with Gasteiger partial charge in [0.25, 0.3) is 0 Å². The Hall–Kier alpha value is -0.900. The van der Waals surface area contributed by atoms with E-state index < -0.39 is 0 Å². The van der Waals surface area contributed by atoms with E-state index in [4.69, 9.17) is 4.74 Å². The van der Waals surface area contributed by atoms with Crippen LogP contribution in [-0.4, -0.2) is 42.4 Å². The highest BCUT2D eigenvalue weighted by Crippen LogP contribution is 2.24. The molecule has 1 heterocycles. The number of hydrogen-bond donors (Lipinski definition) is 1. The van der Waals surface area contributed by atoms with E-state index in [0.29, 0.717) is 18.6 Å². The van der Waals surface area contributed by atoms with Crippen LogP contribution < -0.4 is 0 Å². The fourth-order valence-electron chi connectivity index (χ4n) is 2.57. The molecule has 1 aliphatic rings. The first-order valence-corrected chi connectivity index (χ1v) is 7.18. The average molecular weight is 263 g/mol. The van der Waals surface area contributed by atoms with Crippen LogP contribution >= 0.6 is 0 Å². The SMILES string of the molecule is CC(C)c1ccc([C@@H](C)N2CCO[C@H](CO)C2)cc1. The molecule has 2 rings (SSSR count). The highest BCUT2D eigenvalue weighted by atomic mass is 16.5. The first kappa shape index (κ1) is 14.5. The van der Waals surface area contributed by atoms with Crippen LogP contribution in [-0.2, 0) is 4.74 Å². The highest BCUT2D eigenvalue weighted by molar-refractivity contribution is 5.26.